The van der Waals surface area contributed by atoms with Gasteiger partial charge in [-0.1, -0.05) is 11.6 Å². The lowest BCUT2D eigenvalue weighted by Crippen LogP contribution is -2.51. The van der Waals surface area contributed by atoms with E-state index in [-0.39, 0.29) is 42.5 Å². The van der Waals surface area contributed by atoms with Crippen LogP contribution in [0.4, 0.5) is 0 Å². The standard InChI is InChI=1S/C24H33N3O4/c1-16-8-9-20-21(12-16)24(30)27(23(20)29)11-5-7-22(28)26-10-4-6-19(26)15-25-13-17(2)31-18(3)14-25/h8-9,12,17-19H,4-7,10-11,13-15H2,1-3H3. The molecule has 1 aromatic carbocycles. The molecule has 3 atom stereocenters. The van der Waals surface area contributed by atoms with Crippen molar-refractivity contribution in [1.29, 1.82) is 0 Å². The van der Waals surface area contributed by atoms with Crippen molar-refractivity contribution in [3.8, 4) is 0 Å². The van der Waals surface area contributed by atoms with Gasteiger partial charge in [-0.3, -0.25) is 24.2 Å². The van der Waals surface area contributed by atoms with Crippen LogP contribution in [-0.4, -0.2) is 83.4 Å². The number of imide groups is 1. The summed E-state index contributed by atoms with van der Waals surface area (Å²) < 4.78 is 5.82. The second kappa shape index (κ2) is 9.09. The van der Waals surface area contributed by atoms with Gasteiger partial charge in [0, 0.05) is 45.2 Å². The fourth-order valence-corrected chi connectivity index (χ4v) is 5.23. The number of morpholine rings is 1. The Kier molecular flexibility index (Phi) is 6.44. The number of ether oxygens (including phenoxy) is 1. The van der Waals surface area contributed by atoms with Crippen molar-refractivity contribution in [2.24, 2.45) is 0 Å². The van der Waals surface area contributed by atoms with Crippen LogP contribution in [0.25, 0.3) is 0 Å². The smallest absolute Gasteiger partial charge is 0.261 e. The van der Waals surface area contributed by atoms with E-state index in [0.29, 0.717) is 24.0 Å². The van der Waals surface area contributed by atoms with E-state index in [1.54, 1.807) is 12.1 Å². The van der Waals surface area contributed by atoms with E-state index in [1.807, 2.05) is 17.9 Å². The van der Waals surface area contributed by atoms with Crippen molar-refractivity contribution in [2.45, 2.75) is 64.7 Å². The van der Waals surface area contributed by atoms with Crippen molar-refractivity contribution in [2.75, 3.05) is 32.7 Å². The molecule has 0 aliphatic carbocycles. The predicted octanol–water partition coefficient (Wildman–Crippen LogP) is 2.47. The van der Waals surface area contributed by atoms with Crippen molar-refractivity contribution < 1.29 is 19.1 Å². The Morgan fingerprint density at radius 3 is 2.55 bits per heavy atom. The fraction of sp³-hybridized carbons (Fsp3) is 0.625. The number of benzene rings is 1. The van der Waals surface area contributed by atoms with Gasteiger partial charge in [0.05, 0.1) is 23.3 Å². The number of hydrogen-bond donors (Lipinski definition) is 0. The zero-order chi connectivity index (χ0) is 22.1. The van der Waals surface area contributed by atoms with Crippen molar-refractivity contribution in [3.05, 3.63) is 34.9 Å². The minimum atomic E-state index is -0.248. The highest BCUT2D eigenvalue weighted by Gasteiger charge is 2.36. The maximum absolute atomic E-state index is 12.9. The molecule has 168 valence electrons. The molecule has 3 aliphatic heterocycles. The molecule has 0 radical (unpaired) electrons. The molecule has 0 spiro atoms. The van der Waals surface area contributed by atoms with Crippen LogP contribution < -0.4 is 0 Å². The molecule has 0 saturated carbocycles. The summed E-state index contributed by atoms with van der Waals surface area (Å²) in [7, 11) is 0. The van der Waals surface area contributed by atoms with Crippen molar-refractivity contribution in [3.63, 3.8) is 0 Å². The number of carbonyl (C=O) groups excluding carboxylic acids is 3. The maximum Gasteiger partial charge on any atom is 0.261 e. The molecule has 1 aromatic rings. The molecule has 31 heavy (non-hydrogen) atoms. The highest BCUT2D eigenvalue weighted by Crippen LogP contribution is 2.25. The summed E-state index contributed by atoms with van der Waals surface area (Å²) in [6.45, 7) is 9.89. The Hall–Kier alpha value is -2.25. The first kappa shape index (κ1) is 22.0. The largest absolute Gasteiger partial charge is 0.373 e. The first-order valence-corrected chi connectivity index (χ1v) is 11.5. The normalized spacial score (nSPS) is 26.6. The van der Waals surface area contributed by atoms with E-state index >= 15 is 0 Å². The lowest BCUT2D eigenvalue weighted by molar-refractivity contribution is -0.133. The van der Waals surface area contributed by atoms with Gasteiger partial charge in [0.15, 0.2) is 0 Å². The average Bonchev–Trinajstić information content (AvgIpc) is 3.25. The van der Waals surface area contributed by atoms with Crippen LogP contribution in [0.2, 0.25) is 0 Å². The molecule has 4 rings (SSSR count). The van der Waals surface area contributed by atoms with Crippen molar-refractivity contribution in [1.82, 2.24) is 14.7 Å². The molecule has 0 N–H and O–H groups in total. The maximum atomic E-state index is 12.9. The molecule has 3 heterocycles. The molecule has 3 amide bonds. The van der Waals surface area contributed by atoms with Crippen LogP contribution in [-0.2, 0) is 9.53 Å². The van der Waals surface area contributed by atoms with Gasteiger partial charge in [-0.15, -0.1) is 0 Å². The Labute approximate surface area is 184 Å². The number of carbonyl (C=O) groups is 3. The fourth-order valence-electron chi connectivity index (χ4n) is 5.23. The van der Waals surface area contributed by atoms with E-state index < -0.39 is 0 Å². The zero-order valence-electron chi connectivity index (χ0n) is 18.8. The summed E-state index contributed by atoms with van der Waals surface area (Å²) in [5.74, 6) is -0.364. The number of likely N-dealkylation sites (tertiary alicyclic amines) is 1. The molecule has 2 fully saturated rings. The summed E-state index contributed by atoms with van der Waals surface area (Å²) >= 11 is 0. The second-order valence-electron chi connectivity index (χ2n) is 9.27. The van der Waals surface area contributed by atoms with E-state index in [2.05, 4.69) is 18.7 Å². The Bertz CT molecular complexity index is 860. The number of rotatable bonds is 6. The Balaban J connectivity index is 1.29. The van der Waals surface area contributed by atoms with Crippen LogP contribution >= 0.6 is 0 Å². The van der Waals surface area contributed by atoms with Gasteiger partial charge >= 0.3 is 0 Å². The van der Waals surface area contributed by atoms with Crippen LogP contribution in [0.3, 0.4) is 0 Å². The third-order valence-corrected chi connectivity index (χ3v) is 6.56. The minimum absolute atomic E-state index is 0.129. The number of amides is 3. The molecule has 7 heteroatoms. The lowest BCUT2D eigenvalue weighted by atomic mass is 10.1. The van der Waals surface area contributed by atoms with Crippen molar-refractivity contribution >= 4 is 17.7 Å². The van der Waals surface area contributed by atoms with Gasteiger partial charge in [-0.2, -0.15) is 0 Å². The number of fused-ring (bicyclic) bond motifs is 1. The van der Waals surface area contributed by atoms with Crippen LogP contribution in [0.5, 0.6) is 0 Å². The molecule has 0 aromatic heterocycles. The SMILES string of the molecule is Cc1ccc2c(c1)C(=O)N(CCCC(=O)N1CCCC1CN1CC(C)OC(C)C1)C2=O. The molecule has 0 bridgehead atoms. The van der Waals surface area contributed by atoms with Gasteiger partial charge in [0.1, 0.15) is 0 Å². The van der Waals surface area contributed by atoms with Gasteiger partial charge in [-0.05, 0) is 52.2 Å². The molecular weight excluding hydrogens is 394 g/mol. The quantitative estimate of drug-likeness (QED) is 0.653. The summed E-state index contributed by atoms with van der Waals surface area (Å²) in [5, 5.41) is 0. The first-order chi connectivity index (χ1) is 14.8. The number of nitrogens with zero attached hydrogens (tertiary/aromatic N) is 3. The van der Waals surface area contributed by atoms with Crippen LogP contribution in [0, 0.1) is 6.92 Å². The number of hydrogen-bond acceptors (Lipinski definition) is 5. The molecular formula is C24H33N3O4. The minimum Gasteiger partial charge on any atom is -0.373 e. The van der Waals surface area contributed by atoms with E-state index in [4.69, 9.17) is 4.74 Å². The average molecular weight is 428 g/mol. The highest BCUT2D eigenvalue weighted by atomic mass is 16.5. The van der Waals surface area contributed by atoms with Crippen LogP contribution in [0.15, 0.2) is 18.2 Å². The van der Waals surface area contributed by atoms with E-state index in [1.165, 1.54) is 4.90 Å². The van der Waals surface area contributed by atoms with Gasteiger partial charge in [0.25, 0.3) is 11.8 Å². The third-order valence-electron chi connectivity index (χ3n) is 6.56. The monoisotopic (exact) mass is 427 g/mol. The number of aryl methyl sites for hydroxylation is 1. The second-order valence-corrected chi connectivity index (χ2v) is 9.27. The molecule has 2 saturated heterocycles. The van der Waals surface area contributed by atoms with E-state index in [0.717, 1.165) is 44.6 Å². The first-order valence-electron chi connectivity index (χ1n) is 11.5. The molecule has 3 unspecified atom stereocenters. The Morgan fingerprint density at radius 2 is 1.81 bits per heavy atom. The van der Waals surface area contributed by atoms with Gasteiger partial charge < -0.3 is 9.64 Å². The highest BCUT2D eigenvalue weighted by molar-refractivity contribution is 6.21. The summed E-state index contributed by atoms with van der Waals surface area (Å²) in [4.78, 5) is 43.8. The van der Waals surface area contributed by atoms with Gasteiger partial charge in [-0.25, -0.2) is 0 Å². The zero-order valence-corrected chi connectivity index (χ0v) is 18.8. The topological polar surface area (TPSA) is 70.2 Å². The molecule has 3 aliphatic rings. The lowest BCUT2D eigenvalue weighted by Gasteiger charge is -2.38. The molecule has 7 nitrogen and oxygen atoms in total. The van der Waals surface area contributed by atoms with Gasteiger partial charge in [0.2, 0.25) is 5.91 Å². The summed E-state index contributed by atoms with van der Waals surface area (Å²) in [6, 6.07) is 5.58. The predicted molar refractivity (Wildman–Crippen MR) is 117 cm³/mol. The third kappa shape index (κ3) is 4.67. The summed E-state index contributed by atoms with van der Waals surface area (Å²) in [5.41, 5.74) is 1.90. The van der Waals surface area contributed by atoms with E-state index in [9.17, 15) is 14.4 Å². The summed E-state index contributed by atoms with van der Waals surface area (Å²) in [6.07, 6.45) is 3.36. The van der Waals surface area contributed by atoms with Crippen LogP contribution in [0.1, 0.15) is 65.8 Å². The Morgan fingerprint density at radius 1 is 1.10 bits per heavy atom.